The summed E-state index contributed by atoms with van der Waals surface area (Å²) >= 11 is 0. The van der Waals surface area contributed by atoms with E-state index in [1.807, 2.05) is 0 Å². The van der Waals surface area contributed by atoms with Gasteiger partial charge in [-0.15, -0.1) is 0 Å². The molecule has 1 aliphatic carbocycles. The third kappa shape index (κ3) is 2.38. The highest BCUT2D eigenvalue weighted by atomic mass is 19.1. The van der Waals surface area contributed by atoms with Crippen molar-refractivity contribution < 1.29 is 13.7 Å². The van der Waals surface area contributed by atoms with E-state index in [9.17, 15) is 4.39 Å². The summed E-state index contributed by atoms with van der Waals surface area (Å²) in [6.45, 7) is 1.80. The third-order valence-corrected chi connectivity index (χ3v) is 3.61. The Morgan fingerprint density at radius 3 is 2.65 bits per heavy atom. The summed E-state index contributed by atoms with van der Waals surface area (Å²) in [5.74, 6) is 1.15. The lowest BCUT2D eigenvalue weighted by atomic mass is 9.77. The van der Waals surface area contributed by atoms with Crippen molar-refractivity contribution in [2.75, 3.05) is 0 Å². The molecule has 1 unspecified atom stereocenters. The Bertz CT molecular complexity index is 593. The smallest absolute Gasteiger partial charge is 0.267 e. The van der Waals surface area contributed by atoms with Crippen LogP contribution in [0.25, 0.3) is 0 Å². The van der Waals surface area contributed by atoms with Crippen LogP contribution in [-0.2, 0) is 5.54 Å². The fraction of sp³-hybridized carbons (Fsp3) is 0.429. The maximum atomic E-state index is 12.8. The van der Waals surface area contributed by atoms with Crippen molar-refractivity contribution in [1.82, 2.24) is 10.1 Å². The molecule has 2 aromatic rings. The van der Waals surface area contributed by atoms with Gasteiger partial charge in [0, 0.05) is 0 Å². The standard InChI is InChI=1S/C14H16FN3O2/c1-9(19-11-5-3-10(15)4-6-11)12-17-13(18-20-12)14(16)7-2-8-14/h3-6,9H,2,7-8,16H2,1H3. The highest BCUT2D eigenvalue weighted by Crippen LogP contribution is 2.37. The van der Waals surface area contributed by atoms with Gasteiger partial charge in [-0.2, -0.15) is 4.98 Å². The molecular formula is C14H16FN3O2. The van der Waals surface area contributed by atoms with Crippen LogP contribution in [0.15, 0.2) is 28.8 Å². The monoisotopic (exact) mass is 277 g/mol. The molecule has 0 spiro atoms. The van der Waals surface area contributed by atoms with Gasteiger partial charge < -0.3 is 15.0 Å². The molecule has 1 aromatic heterocycles. The zero-order valence-electron chi connectivity index (χ0n) is 11.2. The first-order valence-electron chi connectivity index (χ1n) is 6.62. The molecule has 1 aromatic carbocycles. The van der Waals surface area contributed by atoms with Crippen molar-refractivity contribution in [3.8, 4) is 5.75 Å². The SMILES string of the molecule is CC(Oc1ccc(F)cc1)c1nc(C2(N)CCC2)no1. The lowest BCUT2D eigenvalue weighted by Crippen LogP contribution is -2.44. The van der Waals surface area contributed by atoms with Gasteiger partial charge >= 0.3 is 0 Å². The Hall–Kier alpha value is -1.95. The van der Waals surface area contributed by atoms with Crippen molar-refractivity contribution >= 4 is 0 Å². The number of hydrogen-bond donors (Lipinski definition) is 1. The zero-order chi connectivity index (χ0) is 14.2. The fourth-order valence-corrected chi connectivity index (χ4v) is 2.15. The van der Waals surface area contributed by atoms with Crippen LogP contribution in [0.4, 0.5) is 4.39 Å². The summed E-state index contributed by atoms with van der Waals surface area (Å²) in [5.41, 5.74) is 5.69. The number of aromatic nitrogens is 2. The second-order valence-electron chi connectivity index (χ2n) is 5.18. The van der Waals surface area contributed by atoms with E-state index in [1.54, 1.807) is 19.1 Å². The van der Waals surface area contributed by atoms with Gasteiger partial charge in [0.25, 0.3) is 5.89 Å². The van der Waals surface area contributed by atoms with E-state index in [0.717, 1.165) is 19.3 Å². The highest BCUT2D eigenvalue weighted by molar-refractivity contribution is 5.22. The largest absolute Gasteiger partial charge is 0.481 e. The molecule has 1 saturated carbocycles. The van der Waals surface area contributed by atoms with Gasteiger partial charge in [-0.3, -0.25) is 0 Å². The van der Waals surface area contributed by atoms with Crippen LogP contribution >= 0.6 is 0 Å². The van der Waals surface area contributed by atoms with E-state index in [1.165, 1.54) is 12.1 Å². The Morgan fingerprint density at radius 2 is 2.05 bits per heavy atom. The number of benzene rings is 1. The van der Waals surface area contributed by atoms with E-state index in [4.69, 9.17) is 15.0 Å². The second-order valence-corrected chi connectivity index (χ2v) is 5.18. The molecule has 20 heavy (non-hydrogen) atoms. The van der Waals surface area contributed by atoms with E-state index in [0.29, 0.717) is 17.5 Å². The molecule has 5 nitrogen and oxygen atoms in total. The molecule has 1 aliphatic rings. The van der Waals surface area contributed by atoms with Crippen LogP contribution in [-0.4, -0.2) is 10.1 Å². The second kappa shape index (κ2) is 4.86. The van der Waals surface area contributed by atoms with Crippen molar-refractivity contribution in [3.05, 3.63) is 41.8 Å². The molecule has 0 aliphatic heterocycles. The number of ether oxygens (including phenoxy) is 1. The van der Waals surface area contributed by atoms with Crippen LogP contribution < -0.4 is 10.5 Å². The van der Waals surface area contributed by atoms with Crippen LogP contribution in [0.3, 0.4) is 0 Å². The summed E-state index contributed by atoms with van der Waals surface area (Å²) in [4.78, 5) is 4.32. The topological polar surface area (TPSA) is 74.2 Å². The maximum Gasteiger partial charge on any atom is 0.267 e. The predicted octanol–water partition coefficient (Wildman–Crippen LogP) is 2.69. The Morgan fingerprint density at radius 1 is 1.35 bits per heavy atom. The molecule has 0 radical (unpaired) electrons. The number of rotatable bonds is 4. The van der Waals surface area contributed by atoms with Crippen LogP contribution in [0.2, 0.25) is 0 Å². The summed E-state index contributed by atoms with van der Waals surface area (Å²) in [6.07, 6.45) is 2.42. The zero-order valence-corrected chi connectivity index (χ0v) is 11.2. The molecule has 106 valence electrons. The van der Waals surface area contributed by atoms with Crippen LogP contribution in [0, 0.1) is 5.82 Å². The predicted molar refractivity (Wildman–Crippen MR) is 69.5 cm³/mol. The Labute approximate surface area is 115 Å². The Kier molecular flexibility index (Phi) is 3.17. The van der Waals surface area contributed by atoms with Gasteiger partial charge in [0.05, 0.1) is 5.54 Å². The van der Waals surface area contributed by atoms with Crippen molar-refractivity contribution in [1.29, 1.82) is 0 Å². The lowest BCUT2D eigenvalue weighted by molar-refractivity contribution is 0.174. The van der Waals surface area contributed by atoms with Crippen LogP contribution in [0.5, 0.6) is 5.75 Å². The molecule has 1 heterocycles. The Balaban J connectivity index is 1.71. The van der Waals surface area contributed by atoms with E-state index in [-0.39, 0.29) is 5.82 Å². The summed E-state index contributed by atoms with van der Waals surface area (Å²) in [6, 6.07) is 5.79. The average molecular weight is 277 g/mol. The first-order valence-corrected chi connectivity index (χ1v) is 6.62. The van der Waals surface area contributed by atoms with Crippen molar-refractivity contribution in [2.24, 2.45) is 5.73 Å². The lowest BCUT2D eigenvalue weighted by Gasteiger charge is -2.34. The fourth-order valence-electron chi connectivity index (χ4n) is 2.15. The minimum absolute atomic E-state index is 0.305. The van der Waals surface area contributed by atoms with Crippen molar-refractivity contribution in [3.63, 3.8) is 0 Å². The number of nitrogens with two attached hydrogens (primary N) is 1. The third-order valence-electron chi connectivity index (χ3n) is 3.61. The minimum Gasteiger partial charge on any atom is -0.481 e. The van der Waals surface area contributed by atoms with Gasteiger partial charge in [0.15, 0.2) is 11.9 Å². The number of halogens is 1. The molecule has 0 bridgehead atoms. The van der Waals surface area contributed by atoms with Gasteiger partial charge in [-0.25, -0.2) is 4.39 Å². The molecule has 1 fully saturated rings. The molecular weight excluding hydrogens is 261 g/mol. The van der Waals surface area contributed by atoms with E-state index in [2.05, 4.69) is 10.1 Å². The van der Waals surface area contributed by atoms with Gasteiger partial charge in [0.1, 0.15) is 11.6 Å². The molecule has 0 amide bonds. The first-order chi connectivity index (χ1) is 9.57. The quantitative estimate of drug-likeness (QED) is 0.930. The maximum absolute atomic E-state index is 12.8. The van der Waals surface area contributed by atoms with Crippen molar-refractivity contribution in [2.45, 2.75) is 37.8 Å². The normalized spacial score (nSPS) is 18.4. The molecule has 0 saturated heterocycles. The summed E-state index contributed by atoms with van der Waals surface area (Å²) in [7, 11) is 0. The average Bonchev–Trinajstić information content (AvgIpc) is 2.89. The summed E-state index contributed by atoms with van der Waals surface area (Å²) in [5, 5.41) is 3.94. The van der Waals surface area contributed by atoms with E-state index < -0.39 is 11.6 Å². The summed E-state index contributed by atoms with van der Waals surface area (Å²) < 4.78 is 23.7. The molecule has 6 heteroatoms. The molecule has 2 N–H and O–H groups in total. The van der Waals surface area contributed by atoms with Crippen LogP contribution in [0.1, 0.15) is 44.0 Å². The van der Waals surface area contributed by atoms with Gasteiger partial charge in [-0.1, -0.05) is 5.16 Å². The van der Waals surface area contributed by atoms with E-state index >= 15 is 0 Å². The first kappa shape index (κ1) is 13.1. The number of hydrogen-bond acceptors (Lipinski definition) is 5. The van der Waals surface area contributed by atoms with Gasteiger partial charge in [0.2, 0.25) is 0 Å². The number of nitrogens with zero attached hydrogens (tertiary/aromatic N) is 2. The minimum atomic E-state index is -0.447. The molecule has 3 rings (SSSR count). The molecule has 1 atom stereocenters. The highest BCUT2D eigenvalue weighted by Gasteiger charge is 2.39. The van der Waals surface area contributed by atoms with Gasteiger partial charge in [-0.05, 0) is 50.5 Å².